The number of hydrogen-bond donors (Lipinski definition) is 0. The molecule has 18 heavy (non-hydrogen) atoms. The van der Waals surface area contributed by atoms with Crippen LogP contribution in [0.25, 0.3) is 0 Å². The molecule has 3 heteroatoms. The SMILES string of the molecule is COc1ccc(C(=O)CCN2CCCCC2)cc1. The molecule has 3 nitrogen and oxygen atoms in total. The third-order valence-corrected chi connectivity index (χ3v) is 3.52. The summed E-state index contributed by atoms with van der Waals surface area (Å²) in [6.45, 7) is 3.19. The molecule has 0 unspecified atom stereocenters. The molecule has 0 atom stereocenters. The number of Topliss-reactive ketones (excluding diaryl/α,β-unsaturated/α-hetero) is 1. The molecule has 0 saturated carbocycles. The molecule has 0 amide bonds. The van der Waals surface area contributed by atoms with Gasteiger partial charge >= 0.3 is 0 Å². The number of benzene rings is 1. The highest BCUT2D eigenvalue weighted by molar-refractivity contribution is 5.96. The number of rotatable bonds is 5. The van der Waals surface area contributed by atoms with E-state index in [2.05, 4.69) is 4.90 Å². The first kappa shape index (κ1) is 13.1. The lowest BCUT2D eigenvalue weighted by molar-refractivity contribution is 0.0958. The first-order chi connectivity index (χ1) is 8.79. The van der Waals surface area contributed by atoms with Gasteiger partial charge in [-0.1, -0.05) is 6.42 Å². The number of carbonyl (C=O) groups excluding carboxylic acids is 1. The maximum absolute atomic E-state index is 12.0. The van der Waals surface area contributed by atoms with Crippen LogP contribution in [-0.2, 0) is 0 Å². The predicted molar refractivity (Wildman–Crippen MR) is 72.2 cm³/mol. The van der Waals surface area contributed by atoms with E-state index in [0.717, 1.165) is 30.9 Å². The molecule has 0 aliphatic carbocycles. The van der Waals surface area contributed by atoms with Crippen molar-refractivity contribution in [3.8, 4) is 5.75 Å². The van der Waals surface area contributed by atoms with E-state index in [1.807, 2.05) is 24.3 Å². The zero-order valence-corrected chi connectivity index (χ0v) is 11.0. The molecule has 1 aromatic rings. The minimum absolute atomic E-state index is 0.225. The Hall–Kier alpha value is -1.35. The molecular weight excluding hydrogens is 226 g/mol. The highest BCUT2D eigenvalue weighted by Crippen LogP contribution is 2.14. The Bertz CT molecular complexity index is 380. The van der Waals surface area contributed by atoms with Crippen LogP contribution < -0.4 is 4.74 Å². The quantitative estimate of drug-likeness (QED) is 0.749. The minimum atomic E-state index is 0.225. The van der Waals surface area contributed by atoms with E-state index in [4.69, 9.17) is 4.74 Å². The molecule has 0 spiro atoms. The molecular formula is C15H21NO2. The molecule has 1 aliphatic rings. The molecule has 0 bridgehead atoms. The fraction of sp³-hybridized carbons (Fsp3) is 0.533. The fourth-order valence-electron chi connectivity index (χ4n) is 2.36. The van der Waals surface area contributed by atoms with Gasteiger partial charge in [-0.3, -0.25) is 4.79 Å². The molecule has 1 aromatic carbocycles. The van der Waals surface area contributed by atoms with Gasteiger partial charge in [0.2, 0.25) is 0 Å². The summed E-state index contributed by atoms with van der Waals surface area (Å²) in [7, 11) is 1.63. The largest absolute Gasteiger partial charge is 0.497 e. The van der Waals surface area contributed by atoms with Crippen LogP contribution in [0, 0.1) is 0 Å². The molecule has 1 aliphatic heterocycles. The lowest BCUT2D eigenvalue weighted by Gasteiger charge is -2.25. The second-order valence-electron chi connectivity index (χ2n) is 4.80. The molecule has 1 saturated heterocycles. The van der Waals surface area contributed by atoms with Crippen molar-refractivity contribution in [1.82, 2.24) is 4.90 Å². The zero-order valence-electron chi connectivity index (χ0n) is 11.0. The number of methoxy groups -OCH3 is 1. The van der Waals surface area contributed by atoms with Crippen LogP contribution in [0.4, 0.5) is 0 Å². The first-order valence-corrected chi connectivity index (χ1v) is 6.69. The number of hydrogen-bond acceptors (Lipinski definition) is 3. The van der Waals surface area contributed by atoms with Gasteiger partial charge in [0.05, 0.1) is 7.11 Å². The van der Waals surface area contributed by atoms with Crippen LogP contribution >= 0.6 is 0 Å². The van der Waals surface area contributed by atoms with Crippen molar-refractivity contribution >= 4 is 5.78 Å². The Balaban J connectivity index is 1.82. The van der Waals surface area contributed by atoms with Crippen molar-refractivity contribution in [2.75, 3.05) is 26.7 Å². The van der Waals surface area contributed by atoms with Crippen molar-refractivity contribution < 1.29 is 9.53 Å². The van der Waals surface area contributed by atoms with Gasteiger partial charge in [0, 0.05) is 18.5 Å². The summed E-state index contributed by atoms with van der Waals surface area (Å²) < 4.78 is 5.08. The minimum Gasteiger partial charge on any atom is -0.497 e. The highest BCUT2D eigenvalue weighted by Gasteiger charge is 2.12. The summed E-state index contributed by atoms with van der Waals surface area (Å²) in [5, 5.41) is 0. The van der Waals surface area contributed by atoms with E-state index in [0.29, 0.717) is 6.42 Å². The topological polar surface area (TPSA) is 29.5 Å². The van der Waals surface area contributed by atoms with Crippen molar-refractivity contribution in [2.24, 2.45) is 0 Å². The van der Waals surface area contributed by atoms with Crippen LogP contribution in [0.5, 0.6) is 5.75 Å². The van der Waals surface area contributed by atoms with Crippen LogP contribution in [0.2, 0.25) is 0 Å². The van der Waals surface area contributed by atoms with Crippen molar-refractivity contribution in [3.63, 3.8) is 0 Å². The zero-order chi connectivity index (χ0) is 12.8. The van der Waals surface area contributed by atoms with E-state index < -0.39 is 0 Å². The summed E-state index contributed by atoms with van der Waals surface area (Å²) in [6, 6.07) is 7.37. The average molecular weight is 247 g/mol. The van der Waals surface area contributed by atoms with Gasteiger partial charge in [0.25, 0.3) is 0 Å². The van der Waals surface area contributed by atoms with E-state index in [-0.39, 0.29) is 5.78 Å². The monoisotopic (exact) mass is 247 g/mol. The lowest BCUT2D eigenvalue weighted by atomic mass is 10.1. The molecule has 1 heterocycles. The number of piperidine rings is 1. The Morgan fingerprint density at radius 2 is 1.83 bits per heavy atom. The highest BCUT2D eigenvalue weighted by atomic mass is 16.5. The average Bonchev–Trinajstić information content (AvgIpc) is 2.46. The van der Waals surface area contributed by atoms with Crippen molar-refractivity contribution in [1.29, 1.82) is 0 Å². The number of likely N-dealkylation sites (tertiary alicyclic amines) is 1. The van der Waals surface area contributed by atoms with Gasteiger partial charge in [-0.2, -0.15) is 0 Å². The lowest BCUT2D eigenvalue weighted by Crippen LogP contribution is -2.31. The van der Waals surface area contributed by atoms with Gasteiger partial charge in [0.15, 0.2) is 5.78 Å². The smallest absolute Gasteiger partial charge is 0.164 e. The summed E-state index contributed by atoms with van der Waals surface area (Å²) >= 11 is 0. The molecule has 2 rings (SSSR count). The van der Waals surface area contributed by atoms with Gasteiger partial charge in [0.1, 0.15) is 5.75 Å². The molecule has 1 fully saturated rings. The Morgan fingerprint density at radius 3 is 2.44 bits per heavy atom. The van der Waals surface area contributed by atoms with Crippen molar-refractivity contribution in [3.05, 3.63) is 29.8 Å². The molecule has 0 aromatic heterocycles. The molecule has 0 radical (unpaired) electrons. The Kier molecular flexibility index (Phi) is 4.76. The summed E-state index contributed by atoms with van der Waals surface area (Å²) in [4.78, 5) is 14.4. The van der Waals surface area contributed by atoms with Gasteiger partial charge in [-0.15, -0.1) is 0 Å². The summed E-state index contributed by atoms with van der Waals surface area (Å²) in [6.07, 6.45) is 4.50. The van der Waals surface area contributed by atoms with Crippen LogP contribution in [0.3, 0.4) is 0 Å². The third kappa shape index (κ3) is 3.57. The fourth-order valence-corrected chi connectivity index (χ4v) is 2.36. The molecule has 98 valence electrons. The van der Waals surface area contributed by atoms with Gasteiger partial charge in [-0.05, 0) is 50.2 Å². The van der Waals surface area contributed by atoms with E-state index in [1.165, 1.54) is 19.3 Å². The summed E-state index contributed by atoms with van der Waals surface area (Å²) in [5.41, 5.74) is 0.785. The number of nitrogens with zero attached hydrogens (tertiary/aromatic N) is 1. The van der Waals surface area contributed by atoms with E-state index >= 15 is 0 Å². The van der Waals surface area contributed by atoms with Crippen LogP contribution in [0.1, 0.15) is 36.0 Å². The second-order valence-corrected chi connectivity index (χ2v) is 4.80. The second kappa shape index (κ2) is 6.55. The number of ether oxygens (including phenoxy) is 1. The normalized spacial score (nSPS) is 16.5. The predicted octanol–water partition coefficient (Wildman–Crippen LogP) is 2.75. The van der Waals surface area contributed by atoms with Crippen molar-refractivity contribution in [2.45, 2.75) is 25.7 Å². The Morgan fingerprint density at radius 1 is 1.17 bits per heavy atom. The number of carbonyl (C=O) groups is 1. The van der Waals surface area contributed by atoms with Crippen LogP contribution in [0.15, 0.2) is 24.3 Å². The Labute approximate surface area is 109 Å². The van der Waals surface area contributed by atoms with Crippen LogP contribution in [-0.4, -0.2) is 37.4 Å². The maximum Gasteiger partial charge on any atom is 0.164 e. The summed E-state index contributed by atoms with van der Waals surface area (Å²) in [5.74, 6) is 1.02. The van der Waals surface area contributed by atoms with E-state index in [9.17, 15) is 4.79 Å². The number of ketones is 1. The van der Waals surface area contributed by atoms with Gasteiger partial charge < -0.3 is 9.64 Å². The maximum atomic E-state index is 12.0. The third-order valence-electron chi connectivity index (χ3n) is 3.52. The first-order valence-electron chi connectivity index (χ1n) is 6.69. The standard InChI is InChI=1S/C15H21NO2/c1-18-14-7-5-13(6-8-14)15(17)9-12-16-10-3-2-4-11-16/h5-8H,2-4,9-12H2,1H3. The van der Waals surface area contributed by atoms with Gasteiger partial charge in [-0.25, -0.2) is 0 Å². The van der Waals surface area contributed by atoms with E-state index in [1.54, 1.807) is 7.11 Å². The molecule has 0 N–H and O–H groups in total.